The molecule has 0 spiro atoms. The predicted molar refractivity (Wildman–Crippen MR) is 131 cm³/mol. The van der Waals surface area contributed by atoms with Crippen LogP contribution in [0.4, 0.5) is 0 Å². The van der Waals surface area contributed by atoms with Crippen molar-refractivity contribution < 1.29 is 33.4 Å². The third-order valence-electron chi connectivity index (χ3n) is 4.75. The van der Waals surface area contributed by atoms with E-state index in [-0.39, 0.29) is 37.3 Å². The Morgan fingerprint density at radius 2 is 1.50 bits per heavy atom. The Bertz CT molecular complexity index is 652. The molecule has 0 saturated heterocycles. The number of amides is 1. The second-order valence-electron chi connectivity index (χ2n) is 9.36. The van der Waals surface area contributed by atoms with E-state index in [0.29, 0.717) is 12.8 Å². The summed E-state index contributed by atoms with van der Waals surface area (Å²) in [7, 11) is 0. The number of carbonyl (C=O) groups is 4. The fraction of sp³-hybridized carbons (Fsp3) is 0.769. The lowest BCUT2D eigenvalue weighted by atomic mass is 10.1. The Labute approximate surface area is 205 Å². The van der Waals surface area contributed by atoms with E-state index in [1.807, 2.05) is 33.8 Å². The molecule has 0 aliphatic rings. The molecule has 0 saturated carbocycles. The quantitative estimate of drug-likeness (QED) is 0.137. The van der Waals surface area contributed by atoms with Gasteiger partial charge in [0.25, 0.3) is 0 Å². The number of allylic oxidation sites excluding steroid dienone is 1. The molecule has 34 heavy (non-hydrogen) atoms. The molecule has 2 atom stereocenters. The molecule has 1 amide bonds. The summed E-state index contributed by atoms with van der Waals surface area (Å²) in [6.07, 6.45) is 9.72. The number of unbranched alkanes of at least 4 members (excludes halogenated alkanes) is 5. The average molecular weight is 484 g/mol. The summed E-state index contributed by atoms with van der Waals surface area (Å²) < 4.78 is 16.0. The molecule has 0 unspecified atom stereocenters. The first-order chi connectivity index (χ1) is 16.0. The van der Waals surface area contributed by atoms with Crippen molar-refractivity contribution in [3.8, 4) is 0 Å². The molecule has 0 aromatic rings. The SMILES string of the molecule is CCC/C=C/[C@@H](OC(C)=O)[C@H](COC(=O)CCCCCCCC(=O)OC(C)(C)C)NC(=O)CC. The van der Waals surface area contributed by atoms with Gasteiger partial charge in [0, 0.05) is 26.2 Å². The maximum atomic E-state index is 12.2. The van der Waals surface area contributed by atoms with Gasteiger partial charge in [-0.2, -0.15) is 0 Å². The van der Waals surface area contributed by atoms with Crippen molar-refractivity contribution in [3.63, 3.8) is 0 Å². The fourth-order valence-electron chi connectivity index (χ4n) is 3.09. The monoisotopic (exact) mass is 483 g/mol. The van der Waals surface area contributed by atoms with Crippen LogP contribution in [-0.2, 0) is 33.4 Å². The first-order valence-corrected chi connectivity index (χ1v) is 12.5. The predicted octanol–water partition coefficient (Wildman–Crippen LogP) is 4.78. The normalized spacial score (nSPS) is 13.2. The zero-order valence-electron chi connectivity index (χ0n) is 21.9. The highest BCUT2D eigenvalue weighted by Crippen LogP contribution is 2.13. The van der Waals surface area contributed by atoms with E-state index < -0.39 is 23.7 Å². The molecule has 1 N–H and O–H groups in total. The first-order valence-electron chi connectivity index (χ1n) is 12.5. The maximum absolute atomic E-state index is 12.2. The Morgan fingerprint density at radius 1 is 0.912 bits per heavy atom. The highest BCUT2D eigenvalue weighted by Gasteiger charge is 2.25. The lowest BCUT2D eigenvalue weighted by molar-refractivity contribution is -0.155. The number of nitrogens with one attached hydrogen (secondary N) is 1. The van der Waals surface area contributed by atoms with Gasteiger partial charge in [-0.15, -0.1) is 0 Å². The van der Waals surface area contributed by atoms with Gasteiger partial charge in [-0.1, -0.05) is 45.6 Å². The van der Waals surface area contributed by atoms with E-state index in [0.717, 1.165) is 38.5 Å². The van der Waals surface area contributed by atoms with Crippen molar-refractivity contribution in [2.75, 3.05) is 6.61 Å². The maximum Gasteiger partial charge on any atom is 0.306 e. The largest absolute Gasteiger partial charge is 0.463 e. The molecule has 0 aromatic heterocycles. The molecule has 0 aromatic carbocycles. The number of esters is 3. The second-order valence-corrected chi connectivity index (χ2v) is 9.36. The molecule has 0 fully saturated rings. The van der Waals surface area contributed by atoms with Crippen LogP contribution in [0.2, 0.25) is 0 Å². The van der Waals surface area contributed by atoms with Crippen LogP contribution in [0.1, 0.15) is 106 Å². The van der Waals surface area contributed by atoms with Gasteiger partial charge in [0.15, 0.2) is 0 Å². The van der Waals surface area contributed by atoms with Crippen LogP contribution < -0.4 is 5.32 Å². The standard InChI is InChI=1S/C26H45NO7/c1-7-9-13-16-22(33-20(3)28)21(27-23(29)8-2)19-32-24(30)17-14-11-10-12-15-18-25(31)34-26(4,5)6/h13,16,21-22H,7-12,14-15,17-19H2,1-6H3,(H,27,29)/b16-13+/t21-,22+/m0/s1. The molecule has 0 radical (unpaired) electrons. The molecule has 0 aliphatic heterocycles. The smallest absolute Gasteiger partial charge is 0.306 e. The number of ether oxygens (including phenoxy) is 3. The summed E-state index contributed by atoms with van der Waals surface area (Å²) in [6.45, 7) is 10.5. The van der Waals surface area contributed by atoms with Gasteiger partial charge in [-0.25, -0.2) is 0 Å². The Morgan fingerprint density at radius 3 is 2.03 bits per heavy atom. The highest BCUT2D eigenvalue weighted by atomic mass is 16.6. The highest BCUT2D eigenvalue weighted by molar-refractivity contribution is 5.76. The van der Waals surface area contributed by atoms with Gasteiger partial charge >= 0.3 is 17.9 Å². The average Bonchev–Trinajstić information content (AvgIpc) is 2.73. The molecule has 196 valence electrons. The van der Waals surface area contributed by atoms with Gasteiger partial charge in [0.05, 0.1) is 0 Å². The van der Waals surface area contributed by atoms with Crippen LogP contribution in [0.25, 0.3) is 0 Å². The number of hydrogen-bond acceptors (Lipinski definition) is 7. The summed E-state index contributed by atoms with van der Waals surface area (Å²) in [5.41, 5.74) is -0.459. The van der Waals surface area contributed by atoms with Crippen LogP contribution >= 0.6 is 0 Å². The zero-order chi connectivity index (χ0) is 26.0. The van der Waals surface area contributed by atoms with Gasteiger partial charge in [0.1, 0.15) is 24.4 Å². The first kappa shape index (κ1) is 31.6. The molecule has 8 nitrogen and oxygen atoms in total. The van der Waals surface area contributed by atoms with E-state index in [9.17, 15) is 19.2 Å². The number of rotatable bonds is 17. The van der Waals surface area contributed by atoms with Gasteiger partial charge < -0.3 is 19.5 Å². The van der Waals surface area contributed by atoms with Gasteiger partial charge in [0.2, 0.25) is 5.91 Å². The van der Waals surface area contributed by atoms with Crippen molar-refractivity contribution in [3.05, 3.63) is 12.2 Å². The minimum absolute atomic E-state index is 0.0745. The molecule has 0 aliphatic carbocycles. The summed E-state index contributed by atoms with van der Waals surface area (Å²) in [6, 6.07) is -0.652. The lowest BCUT2D eigenvalue weighted by Gasteiger charge is -2.25. The third-order valence-corrected chi connectivity index (χ3v) is 4.75. The van der Waals surface area contributed by atoms with E-state index in [1.54, 1.807) is 13.0 Å². The minimum Gasteiger partial charge on any atom is -0.463 e. The third kappa shape index (κ3) is 18.1. The molecule has 0 rings (SSSR count). The number of carbonyl (C=O) groups excluding carboxylic acids is 4. The van der Waals surface area contributed by atoms with E-state index in [1.165, 1.54) is 6.92 Å². The second kappa shape index (κ2) is 18.0. The van der Waals surface area contributed by atoms with E-state index >= 15 is 0 Å². The van der Waals surface area contributed by atoms with Crippen molar-refractivity contribution >= 4 is 23.8 Å². The van der Waals surface area contributed by atoms with Crippen molar-refractivity contribution in [2.45, 2.75) is 123 Å². The fourth-order valence-corrected chi connectivity index (χ4v) is 3.09. The van der Waals surface area contributed by atoms with Crippen LogP contribution in [-0.4, -0.2) is 48.2 Å². The molecular weight excluding hydrogens is 438 g/mol. The van der Waals surface area contributed by atoms with Gasteiger partial charge in [-0.3, -0.25) is 19.2 Å². The van der Waals surface area contributed by atoms with Crippen molar-refractivity contribution in [2.24, 2.45) is 0 Å². The van der Waals surface area contributed by atoms with Crippen LogP contribution in [0.3, 0.4) is 0 Å². The van der Waals surface area contributed by atoms with E-state index in [2.05, 4.69) is 5.32 Å². The summed E-state index contributed by atoms with van der Waals surface area (Å²) >= 11 is 0. The van der Waals surface area contributed by atoms with Crippen molar-refractivity contribution in [1.29, 1.82) is 0 Å². The summed E-state index contributed by atoms with van der Waals surface area (Å²) in [5, 5.41) is 2.79. The lowest BCUT2D eigenvalue weighted by Crippen LogP contribution is -2.47. The topological polar surface area (TPSA) is 108 Å². The van der Waals surface area contributed by atoms with Crippen molar-refractivity contribution in [1.82, 2.24) is 5.32 Å². The minimum atomic E-state index is -0.711. The summed E-state index contributed by atoms with van der Waals surface area (Å²) in [4.78, 5) is 47.4. The molecule has 8 heteroatoms. The van der Waals surface area contributed by atoms with Gasteiger partial charge in [-0.05, 0) is 46.1 Å². The van der Waals surface area contributed by atoms with Crippen LogP contribution in [0.15, 0.2) is 12.2 Å². The molecule has 0 heterocycles. The number of hydrogen-bond donors (Lipinski definition) is 1. The Kier molecular flexibility index (Phi) is 16.8. The van der Waals surface area contributed by atoms with Crippen LogP contribution in [0.5, 0.6) is 0 Å². The van der Waals surface area contributed by atoms with E-state index in [4.69, 9.17) is 14.2 Å². The zero-order valence-corrected chi connectivity index (χ0v) is 21.9. The molecular formula is C26H45NO7. The Hall–Kier alpha value is -2.38. The Balaban J connectivity index is 4.44. The van der Waals surface area contributed by atoms with Crippen LogP contribution in [0, 0.1) is 0 Å². The summed E-state index contributed by atoms with van der Waals surface area (Å²) in [5.74, 6) is -1.23. The molecule has 0 bridgehead atoms.